The maximum Gasteiger partial charge on any atom is 0.255 e. The van der Waals surface area contributed by atoms with Gasteiger partial charge in [-0.25, -0.2) is 21.2 Å². The van der Waals surface area contributed by atoms with Crippen molar-refractivity contribution in [3.05, 3.63) is 65.2 Å². The van der Waals surface area contributed by atoms with Crippen LogP contribution in [0, 0.1) is 18.7 Å². The first-order valence-corrected chi connectivity index (χ1v) is 18.0. The molecule has 2 aromatic carbocycles. The molecule has 2 aromatic heterocycles. The van der Waals surface area contributed by atoms with Crippen molar-refractivity contribution in [1.82, 2.24) is 19.4 Å². The Morgan fingerprint density at radius 2 is 1.87 bits per heavy atom. The highest BCUT2D eigenvalue weighted by Gasteiger charge is 2.36. The van der Waals surface area contributed by atoms with Crippen LogP contribution in [0.3, 0.4) is 0 Å². The number of carbonyl (C=O) groups is 1. The van der Waals surface area contributed by atoms with Gasteiger partial charge in [-0.1, -0.05) is 13.8 Å². The number of hydrogen-bond donors (Lipinski definition) is 1. The van der Waals surface area contributed by atoms with Crippen molar-refractivity contribution in [1.29, 1.82) is 0 Å². The average Bonchev–Trinajstić information content (AvgIpc) is 3.55. The van der Waals surface area contributed by atoms with E-state index < -0.39 is 37.7 Å². The predicted octanol–water partition coefficient (Wildman–Crippen LogP) is 4.72. The van der Waals surface area contributed by atoms with Gasteiger partial charge in [0.05, 0.1) is 23.2 Å². The van der Waals surface area contributed by atoms with Crippen LogP contribution < -0.4 is 9.62 Å². The van der Waals surface area contributed by atoms with E-state index in [1.165, 1.54) is 42.7 Å². The van der Waals surface area contributed by atoms with Gasteiger partial charge in [0.1, 0.15) is 22.1 Å². The summed E-state index contributed by atoms with van der Waals surface area (Å²) >= 11 is 0. The molecule has 45 heavy (non-hydrogen) atoms. The molecule has 1 atom stereocenters. The van der Waals surface area contributed by atoms with Crippen molar-refractivity contribution in [2.24, 2.45) is 5.92 Å². The summed E-state index contributed by atoms with van der Waals surface area (Å²) in [6, 6.07) is 8.81. The van der Waals surface area contributed by atoms with Crippen LogP contribution in [0.2, 0.25) is 0 Å². The minimum Gasteiger partial charge on any atom is -0.455 e. The molecule has 1 N–H and O–H groups in total. The molecule has 1 aliphatic heterocycles. The van der Waals surface area contributed by atoms with E-state index in [1.54, 1.807) is 29.9 Å². The van der Waals surface area contributed by atoms with Gasteiger partial charge in [0.25, 0.3) is 5.91 Å². The number of nitrogens with zero attached hydrogens (tertiary/aromatic N) is 4. The Hall–Kier alpha value is -3.75. The summed E-state index contributed by atoms with van der Waals surface area (Å²) in [5.41, 5.74) is 2.24. The molecule has 0 spiro atoms. The first-order valence-electron chi connectivity index (χ1n) is 14.7. The number of aryl methyl sites for hydroxylation is 1. The maximum atomic E-state index is 13.9. The zero-order valence-corrected chi connectivity index (χ0v) is 27.8. The first-order chi connectivity index (χ1) is 21.1. The SMILES string of the molecule is CNC(=O)c1c(-c2ccc(F)cc2)oc2cc(N(C)S(C)(=O)=O)c([C@H]3CCCN(S(=O)(=O)c4cn(CC(C)C)nc4C)C3)cc12. The average molecular weight is 660 g/mol. The molecule has 5 rings (SSSR count). The van der Waals surface area contributed by atoms with E-state index >= 15 is 0 Å². The topological polar surface area (TPSA) is 135 Å². The fraction of sp³-hybridized carbons (Fsp3) is 0.419. The van der Waals surface area contributed by atoms with Gasteiger partial charge in [0, 0.05) is 56.9 Å². The molecule has 0 aliphatic carbocycles. The number of benzene rings is 2. The van der Waals surface area contributed by atoms with Crippen molar-refractivity contribution in [3.8, 4) is 11.3 Å². The second-order valence-electron chi connectivity index (χ2n) is 11.9. The normalized spacial score (nSPS) is 16.4. The molecule has 0 saturated carbocycles. The standard InChI is InChI=1S/C31H38FN5O6S2/c1-19(2)16-36-18-28(20(3)34-36)45(41,42)37-13-7-8-22(17-37)24-14-25-27(15-26(24)35(5)44(6,39)40)43-30(29(25)31(38)33-4)21-9-11-23(32)12-10-21/h9-12,14-15,18-19,22H,7-8,13,16-17H2,1-6H3,(H,33,38)/t22-/m0/s1. The van der Waals surface area contributed by atoms with Crippen LogP contribution in [0.5, 0.6) is 0 Å². The molecule has 0 unspecified atom stereocenters. The predicted molar refractivity (Wildman–Crippen MR) is 171 cm³/mol. The summed E-state index contributed by atoms with van der Waals surface area (Å²) in [5.74, 6) is -0.799. The van der Waals surface area contributed by atoms with Gasteiger partial charge in [-0.2, -0.15) is 9.40 Å². The van der Waals surface area contributed by atoms with E-state index in [-0.39, 0.29) is 34.3 Å². The zero-order valence-electron chi connectivity index (χ0n) is 26.2. The van der Waals surface area contributed by atoms with Crippen molar-refractivity contribution in [2.45, 2.75) is 51.0 Å². The number of sulfonamides is 2. The first kappa shape index (κ1) is 32.6. The van der Waals surface area contributed by atoms with Gasteiger partial charge in [-0.15, -0.1) is 0 Å². The lowest BCUT2D eigenvalue weighted by molar-refractivity contribution is 0.0964. The highest BCUT2D eigenvalue weighted by molar-refractivity contribution is 7.92. The molecule has 4 aromatic rings. The van der Waals surface area contributed by atoms with E-state index in [0.29, 0.717) is 53.8 Å². The number of hydrogen-bond acceptors (Lipinski definition) is 7. The lowest BCUT2D eigenvalue weighted by Crippen LogP contribution is -2.39. The second kappa shape index (κ2) is 12.2. The lowest BCUT2D eigenvalue weighted by atomic mass is 9.89. The Labute approximate surface area is 263 Å². The van der Waals surface area contributed by atoms with E-state index in [9.17, 15) is 26.0 Å². The summed E-state index contributed by atoms with van der Waals surface area (Å²) < 4.78 is 77.5. The van der Waals surface area contributed by atoms with Gasteiger partial charge in [-0.3, -0.25) is 13.8 Å². The second-order valence-corrected chi connectivity index (χ2v) is 15.8. The fourth-order valence-corrected chi connectivity index (χ4v) is 8.06. The Morgan fingerprint density at radius 3 is 2.49 bits per heavy atom. The van der Waals surface area contributed by atoms with Crippen LogP contribution in [0.4, 0.5) is 10.1 Å². The number of anilines is 1. The number of amides is 1. The maximum absolute atomic E-state index is 13.9. The van der Waals surface area contributed by atoms with Crippen molar-refractivity contribution < 1.29 is 30.4 Å². The number of furan rings is 1. The van der Waals surface area contributed by atoms with Gasteiger partial charge in [0.2, 0.25) is 20.0 Å². The smallest absolute Gasteiger partial charge is 0.255 e. The molecular weight excluding hydrogens is 622 g/mol. The number of rotatable bonds is 9. The Bertz CT molecular complexity index is 1970. The van der Waals surface area contributed by atoms with Crippen LogP contribution in [0.15, 0.2) is 51.9 Å². The third kappa shape index (κ3) is 6.36. The fourth-order valence-electron chi connectivity index (χ4n) is 5.86. The Kier molecular flexibility index (Phi) is 8.86. The summed E-state index contributed by atoms with van der Waals surface area (Å²) in [6.45, 7) is 6.72. The molecule has 11 nitrogen and oxygen atoms in total. The van der Waals surface area contributed by atoms with E-state index in [0.717, 1.165) is 10.6 Å². The van der Waals surface area contributed by atoms with Gasteiger partial charge >= 0.3 is 0 Å². The number of carbonyl (C=O) groups excluding carboxylic acids is 1. The van der Waals surface area contributed by atoms with Crippen molar-refractivity contribution in [2.75, 3.05) is 37.7 Å². The van der Waals surface area contributed by atoms with Crippen molar-refractivity contribution in [3.63, 3.8) is 0 Å². The summed E-state index contributed by atoms with van der Waals surface area (Å²) in [5, 5.41) is 7.48. The molecule has 3 heterocycles. The van der Waals surface area contributed by atoms with Crippen LogP contribution >= 0.6 is 0 Å². The highest BCUT2D eigenvalue weighted by Crippen LogP contribution is 2.42. The lowest BCUT2D eigenvalue weighted by Gasteiger charge is -2.34. The molecule has 0 radical (unpaired) electrons. The van der Waals surface area contributed by atoms with E-state index in [2.05, 4.69) is 10.4 Å². The molecule has 1 aliphatic rings. The quantitative estimate of drug-likeness (QED) is 0.275. The van der Waals surface area contributed by atoms with E-state index in [1.807, 2.05) is 13.8 Å². The molecule has 242 valence electrons. The molecular formula is C31H38FN5O6S2. The highest BCUT2D eigenvalue weighted by atomic mass is 32.2. The number of fused-ring (bicyclic) bond motifs is 1. The number of halogens is 1. The van der Waals surface area contributed by atoms with Crippen LogP contribution in [0.1, 0.15) is 54.2 Å². The van der Waals surface area contributed by atoms with Crippen LogP contribution in [-0.4, -0.2) is 70.3 Å². The molecule has 14 heteroatoms. The number of nitrogens with one attached hydrogen (secondary N) is 1. The monoisotopic (exact) mass is 659 g/mol. The minimum atomic E-state index is -3.91. The molecule has 1 fully saturated rings. The number of piperidine rings is 1. The largest absolute Gasteiger partial charge is 0.455 e. The summed E-state index contributed by atoms with van der Waals surface area (Å²) in [4.78, 5) is 13.4. The molecule has 1 amide bonds. The van der Waals surface area contributed by atoms with Crippen LogP contribution in [-0.2, 0) is 26.6 Å². The summed E-state index contributed by atoms with van der Waals surface area (Å²) in [7, 11) is -4.74. The molecule has 1 saturated heterocycles. The minimum absolute atomic E-state index is 0.102. The summed E-state index contributed by atoms with van der Waals surface area (Å²) in [6.07, 6.45) is 3.78. The van der Waals surface area contributed by atoms with Crippen molar-refractivity contribution >= 4 is 42.6 Å². The van der Waals surface area contributed by atoms with E-state index in [4.69, 9.17) is 4.42 Å². The Morgan fingerprint density at radius 1 is 1.18 bits per heavy atom. The zero-order chi connectivity index (χ0) is 32.8. The number of aromatic nitrogens is 2. The van der Waals surface area contributed by atoms with Gasteiger partial charge in [-0.05, 0) is 67.5 Å². The third-order valence-electron chi connectivity index (χ3n) is 8.13. The third-order valence-corrected chi connectivity index (χ3v) is 11.3. The molecule has 0 bridgehead atoms. The Balaban J connectivity index is 1.64. The van der Waals surface area contributed by atoms with Gasteiger partial charge in [0.15, 0.2) is 0 Å². The van der Waals surface area contributed by atoms with Crippen LogP contribution in [0.25, 0.3) is 22.3 Å². The van der Waals surface area contributed by atoms with Gasteiger partial charge < -0.3 is 9.73 Å².